The number of benzene rings is 2. The third-order valence-electron chi connectivity index (χ3n) is 5.96. The molecule has 28 heavy (non-hydrogen) atoms. The van der Waals surface area contributed by atoms with Crippen LogP contribution in [-0.2, 0) is 16.8 Å². The number of hydrogen-bond acceptors (Lipinski definition) is 3. The van der Waals surface area contributed by atoms with Crippen molar-refractivity contribution >= 4 is 5.91 Å². The summed E-state index contributed by atoms with van der Waals surface area (Å²) in [5.74, 6) is 0.559. The van der Waals surface area contributed by atoms with E-state index in [0.717, 1.165) is 51.1 Å². The summed E-state index contributed by atoms with van der Waals surface area (Å²) in [5, 5.41) is 3.21. The van der Waals surface area contributed by atoms with Crippen LogP contribution < -0.4 is 10.1 Å². The fourth-order valence-electron chi connectivity index (χ4n) is 4.26. The molecule has 2 fully saturated rings. The minimum atomic E-state index is -0.666. The molecule has 0 unspecified atom stereocenters. The molecule has 1 aliphatic carbocycles. The van der Waals surface area contributed by atoms with Crippen LogP contribution in [0.1, 0.15) is 36.8 Å². The minimum absolute atomic E-state index is 0.0224. The van der Waals surface area contributed by atoms with E-state index in [9.17, 15) is 9.18 Å². The van der Waals surface area contributed by atoms with Crippen LogP contribution in [0.25, 0.3) is 0 Å². The van der Waals surface area contributed by atoms with Crippen LogP contribution >= 0.6 is 0 Å². The van der Waals surface area contributed by atoms with E-state index in [-0.39, 0.29) is 17.8 Å². The van der Waals surface area contributed by atoms with E-state index >= 15 is 0 Å². The molecule has 0 aromatic heterocycles. The molecule has 4 rings (SSSR count). The summed E-state index contributed by atoms with van der Waals surface area (Å²) < 4.78 is 19.5. The van der Waals surface area contributed by atoms with Crippen molar-refractivity contribution in [1.82, 2.24) is 10.2 Å². The standard InChI is InChI=1S/C23H27FN2O2/c1-28-19-8-4-6-17(14-19)15-26-13-5-7-18(16-26)25-22(27)23(11-12-23)20-9-2-3-10-21(20)24/h2-4,6,8-10,14,18H,5,7,11-13,15-16H2,1H3,(H,25,27)/t18-/m0/s1. The van der Waals surface area contributed by atoms with Crippen molar-refractivity contribution in [2.45, 2.75) is 43.7 Å². The van der Waals surface area contributed by atoms with Gasteiger partial charge < -0.3 is 10.1 Å². The summed E-state index contributed by atoms with van der Waals surface area (Å²) >= 11 is 0. The van der Waals surface area contributed by atoms with E-state index in [4.69, 9.17) is 4.74 Å². The van der Waals surface area contributed by atoms with Crippen LogP contribution in [0.3, 0.4) is 0 Å². The predicted octanol–water partition coefficient (Wildman–Crippen LogP) is 3.65. The van der Waals surface area contributed by atoms with Gasteiger partial charge in [0, 0.05) is 24.7 Å². The summed E-state index contributed by atoms with van der Waals surface area (Å²) in [6.45, 7) is 2.67. The molecule has 1 aliphatic heterocycles. The van der Waals surface area contributed by atoms with Crippen molar-refractivity contribution in [3.8, 4) is 5.75 Å². The Morgan fingerprint density at radius 3 is 2.82 bits per heavy atom. The third-order valence-corrected chi connectivity index (χ3v) is 5.96. The fourth-order valence-corrected chi connectivity index (χ4v) is 4.26. The summed E-state index contributed by atoms with van der Waals surface area (Å²) in [6.07, 6.45) is 3.45. The van der Waals surface area contributed by atoms with Gasteiger partial charge in [0.15, 0.2) is 0 Å². The van der Waals surface area contributed by atoms with Gasteiger partial charge in [-0.1, -0.05) is 30.3 Å². The van der Waals surface area contributed by atoms with Crippen LogP contribution in [0.4, 0.5) is 4.39 Å². The van der Waals surface area contributed by atoms with Crippen LogP contribution in [-0.4, -0.2) is 37.0 Å². The smallest absolute Gasteiger partial charge is 0.231 e. The van der Waals surface area contributed by atoms with Gasteiger partial charge >= 0.3 is 0 Å². The maximum absolute atomic E-state index is 14.2. The van der Waals surface area contributed by atoms with Gasteiger partial charge in [-0.2, -0.15) is 0 Å². The van der Waals surface area contributed by atoms with Gasteiger partial charge in [-0.25, -0.2) is 4.39 Å². The Kier molecular flexibility index (Phi) is 5.36. The second kappa shape index (κ2) is 7.92. The maximum atomic E-state index is 14.2. The Morgan fingerprint density at radius 1 is 1.25 bits per heavy atom. The first-order valence-electron chi connectivity index (χ1n) is 10.0. The number of amides is 1. The normalized spacial score (nSPS) is 21.1. The van der Waals surface area contributed by atoms with Crippen LogP contribution in [0.5, 0.6) is 5.75 Å². The van der Waals surface area contributed by atoms with Crippen molar-refractivity contribution in [3.63, 3.8) is 0 Å². The van der Waals surface area contributed by atoms with Gasteiger partial charge in [-0.15, -0.1) is 0 Å². The lowest BCUT2D eigenvalue weighted by atomic mass is 9.93. The first kappa shape index (κ1) is 18.9. The van der Waals surface area contributed by atoms with Gasteiger partial charge in [-0.05, 0) is 56.0 Å². The van der Waals surface area contributed by atoms with Crippen LogP contribution in [0, 0.1) is 5.82 Å². The Labute approximate surface area is 165 Å². The summed E-state index contributed by atoms with van der Waals surface area (Å²) in [6, 6.07) is 14.9. The van der Waals surface area contributed by atoms with Gasteiger partial charge in [-0.3, -0.25) is 9.69 Å². The number of halogens is 1. The van der Waals surface area contributed by atoms with E-state index in [1.807, 2.05) is 18.2 Å². The average molecular weight is 382 g/mol. The summed E-state index contributed by atoms with van der Waals surface area (Å²) in [4.78, 5) is 15.4. The number of ether oxygens (including phenoxy) is 1. The fraction of sp³-hybridized carbons (Fsp3) is 0.435. The van der Waals surface area contributed by atoms with Crippen molar-refractivity contribution in [3.05, 3.63) is 65.5 Å². The van der Waals surface area contributed by atoms with Crippen LogP contribution in [0.2, 0.25) is 0 Å². The lowest BCUT2D eigenvalue weighted by Gasteiger charge is -2.34. The monoisotopic (exact) mass is 382 g/mol. The number of methoxy groups -OCH3 is 1. The number of carbonyl (C=O) groups is 1. The SMILES string of the molecule is COc1cccc(CN2CCC[C@H](NC(=O)C3(c4ccccc4F)CC3)C2)c1. The van der Waals surface area contributed by atoms with Crippen LogP contribution in [0.15, 0.2) is 48.5 Å². The van der Waals surface area contributed by atoms with E-state index < -0.39 is 5.41 Å². The van der Waals surface area contributed by atoms with E-state index in [1.165, 1.54) is 11.6 Å². The van der Waals surface area contributed by atoms with Crippen molar-refractivity contribution in [2.75, 3.05) is 20.2 Å². The highest BCUT2D eigenvalue weighted by atomic mass is 19.1. The topological polar surface area (TPSA) is 41.6 Å². The maximum Gasteiger partial charge on any atom is 0.231 e. The molecule has 5 heteroatoms. The largest absolute Gasteiger partial charge is 0.497 e. The molecule has 148 valence electrons. The molecule has 0 radical (unpaired) electrons. The van der Waals surface area contributed by atoms with Gasteiger partial charge in [0.25, 0.3) is 0 Å². The molecule has 1 atom stereocenters. The Morgan fingerprint density at radius 2 is 2.07 bits per heavy atom. The first-order chi connectivity index (χ1) is 13.6. The lowest BCUT2D eigenvalue weighted by molar-refractivity contribution is -0.124. The molecule has 0 bridgehead atoms. The highest BCUT2D eigenvalue weighted by Crippen LogP contribution is 2.49. The Hall–Kier alpha value is -2.40. The second-order valence-electron chi connectivity index (χ2n) is 7.96. The molecule has 1 saturated heterocycles. The van der Waals surface area contributed by atoms with E-state index in [1.54, 1.807) is 19.2 Å². The molecule has 1 heterocycles. The number of likely N-dealkylation sites (tertiary alicyclic amines) is 1. The zero-order valence-corrected chi connectivity index (χ0v) is 16.3. The van der Waals surface area contributed by atoms with Crippen molar-refractivity contribution in [1.29, 1.82) is 0 Å². The van der Waals surface area contributed by atoms with E-state index in [2.05, 4.69) is 22.3 Å². The quantitative estimate of drug-likeness (QED) is 0.829. The molecule has 0 spiro atoms. The Balaban J connectivity index is 1.38. The number of carbonyl (C=O) groups excluding carboxylic acids is 1. The zero-order valence-electron chi connectivity index (χ0n) is 16.3. The molecule has 2 aromatic rings. The predicted molar refractivity (Wildman–Crippen MR) is 107 cm³/mol. The summed E-state index contributed by atoms with van der Waals surface area (Å²) in [7, 11) is 1.68. The third kappa shape index (κ3) is 3.90. The molecule has 1 amide bonds. The number of hydrogen-bond donors (Lipinski definition) is 1. The molecule has 2 aliphatic rings. The highest BCUT2D eigenvalue weighted by Gasteiger charge is 2.53. The van der Waals surface area contributed by atoms with Crippen molar-refractivity contribution < 1.29 is 13.9 Å². The summed E-state index contributed by atoms with van der Waals surface area (Å²) in [5.41, 5.74) is 1.08. The molecule has 1 saturated carbocycles. The van der Waals surface area contributed by atoms with Gasteiger partial charge in [0.2, 0.25) is 5.91 Å². The first-order valence-corrected chi connectivity index (χ1v) is 10.0. The lowest BCUT2D eigenvalue weighted by Crippen LogP contribution is -2.50. The molecular weight excluding hydrogens is 355 g/mol. The number of rotatable bonds is 6. The van der Waals surface area contributed by atoms with Crippen molar-refractivity contribution in [2.24, 2.45) is 0 Å². The van der Waals surface area contributed by atoms with Gasteiger partial charge in [0.05, 0.1) is 12.5 Å². The molecule has 4 nitrogen and oxygen atoms in total. The van der Waals surface area contributed by atoms with Gasteiger partial charge in [0.1, 0.15) is 11.6 Å². The molecule has 1 N–H and O–H groups in total. The second-order valence-corrected chi connectivity index (χ2v) is 7.96. The number of piperidine rings is 1. The average Bonchev–Trinajstić information content (AvgIpc) is 3.51. The van der Waals surface area contributed by atoms with E-state index in [0.29, 0.717) is 5.56 Å². The number of nitrogens with zero attached hydrogens (tertiary/aromatic N) is 1. The Bertz CT molecular complexity index is 850. The molecular formula is C23H27FN2O2. The zero-order chi connectivity index (χ0) is 19.6. The minimum Gasteiger partial charge on any atom is -0.497 e. The number of nitrogens with one attached hydrogen (secondary N) is 1. The highest BCUT2D eigenvalue weighted by molar-refractivity contribution is 5.91. The molecule has 2 aromatic carbocycles.